The second-order valence-electron chi connectivity index (χ2n) is 13.0. The highest BCUT2D eigenvalue weighted by molar-refractivity contribution is 5.77. The van der Waals surface area contributed by atoms with Gasteiger partial charge in [0.15, 0.2) is 0 Å². The fourth-order valence-corrected chi connectivity index (χ4v) is 6.21. The number of nitrogens with two attached hydrogens (primary N) is 1. The number of phenols is 1. The van der Waals surface area contributed by atoms with Crippen LogP contribution in [0.4, 0.5) is 13.2 Å². The van der Waals surface area contributed by atoms with Crippen molar-refractivity contribution < 1.29 is 42.4 Å². The van der Waals surface area contributed by atoms with E-state index in [0.717, 1.165) is 63.7 Å². The molecular formula is C37H56F3N5O6. The van der Waals surface area contributed by atoms with E-state index in [4.69, 9.17) is 19.4 Å². The largest absolute Gasteiger partial charge is 0.508 e. The molecule has 3 unspecified atom stereocenters. The molecule has 1 amide bonds. The van der Waals surface area contributed by atoms with E-state index < -0.39 is 6.61 Å². The standard InChI is InChI=1S/C19H26FN3O.C16H25NO3.CH2F2O.CH3NO/c20-18-9-17(16-3-7-24-8-4-16)10-19(11-18)23-14-15(12-21-23)13-22-5-1-2-6-22;1-12(5-6-13(2)20-4)17(3)10-15-9-16(19)8-7-14(15)11-18;2-1(3)4;2-1-3/h9,11-12,14,16,19H,1-8,10,13H2;7-9,11-13,19H,5-6,10H2,1-4H3;1,4H;1H,(H2,2,3). The van der Waals surface area contributed by atoms with Gasteiger partial charge in [-0.15, -0.1) is 0 Å². The van der Waals surface area contributed by atoms with Crippen LogP contribution in [-0.4, -0.2) is 102 Å². The molecule has 0 radical (unpaired) electrons. The molecule has 4 N–H and O–H groups in total. The topological polar surface area (TPSA) is 143 Å². The van der Waals surface area contributed by atoms with Crippen LogP contribution in [0.25, 0.3) is 0 Å². The zero-order chi connectivity index (χ0) is 37.8. The highest BCUT2D eigenvalue weighted by atomic mass is 19.3. The van der Waals surface area contributed by atoms with E-state index >= 15 is 0 Å². The average molecular weight is 724 g/mol. The van der Waals surface area contributed by atoms with Crippen LogP contribution in [0.1, 0.15) is 86.3 Å². The van der Waals surface area contributed by atoms with Crippen molar-refractivity contribution in [2.75, 3.05) is 40.5 Å². The van der Waals surface area contributed by atoms with Gasteiger partial charge in [-0.2, -0.15) is 13.9 Å². The second-order valence-corrected chi connectivity index (χ2v) is 13.0. The number of ether oxygens (including phenoxy) is 2. The molecule has 2 fully saturated rings. The van der Waals surface area contributed by atoms with Crippen molar-refractivity contribution in [2.45, 2.75) is 96.7 Å². The molecule has 2 aliphatic heterocycles. The summed E-state index contributed by atoms with van der Waals surface area (Å²) in [4.78, 5) is 24.3. The summed E-state index contributed by atoms with van der Waals surface area (Å²) in [6.45, 7) is 6.60. The molecule has 2 aromatic rings. The number of hydrogen-bond acceptors (Lipinski definition) is 9. The molecular weight excluding hydrogens is 667 g/mol. The van der Waals surface area contributed by atoms with E-state index in [9.17, 15) is 23.1 Å². The van der Waals surface area contributed by atoms with Crippen LogP contribution in [0.15, 0.2) is 54.1 Å². The zero-order valence-electron chi connectivity index (χ0n) is 30.3. The third-order valence-electron chi connectivity index (χ3n) is 9.28. The van der Waals surface area contributed by atoms with Gasteiger partial charge < -0.3 is 25.4 Å². The molecule has 0 saturated carbocycles. The fourth-order valence-electron chi connectivity index (χ4n) is 6.21. The number of aliphatic hydroxyl groups is 1. The van der Waals surface area contributed by atoms with Crippen molar-refractivity contribution >= 4 is 12.7 Å². The molecule has 1 aromatic carbocycles. The van der Waals surface area contributed by atoms with Gasteiger partial charge >= 0.3 is 6.61 Å². The number of aldehydes is 1. The van der Waals surface area contributed by atoms with Crippen LogP contribution >= 0.6 is 0 Å². The number of carbonyl (C=O) groups excluding carboxylic acids is 2. The van der Waals surface area contributed by atoms with E-state index in [-0.39, 0.29) is 30.1 Å². The fraction of sp³-hybridized carbons (Fsp3) is 0.595. The number of likely N-dealkylation sites (tertiary alicyclic amines) is 1. The SMILES string of the molecule is COC(C)CCC(C)N(C)Cc1cc(O)ccc1C=O.FC1=CC(n2cc(CN3CCCC3)cn2)CC(C2CCOCC2)=C1.NC=O.OC(F)F. The lowest BCUT2D eigenvalue weighted by Crippen LogP contribution is -2.29. The number of methoxy groups -OCH3 is 1. The Morgan fingerprint density at radius 1 is 1.16 bits per heavy atom. The number of rotatable bonds is 12. The minimum absolute atomic E-state index is 0.000160. The smallest absolute Gasteiger partial charge is 0.342 e. The third-order valence-corrected chi connectivity index (χ3v) is 9.28. The van der Waals surface area contributed by atoms with Gasteiger partial charge in [0.05, 0.1) is 18.3 Å². The van der Waals surface area contributed by atoms with Crippen molar-refractivity contribution in [3.05, 3.63) is 70.8 Å². The quantitative estimate of drug-likeness (QED) is 0.233. The van der Waals surface area contributed by atoms with Crippen LogP contribution in [0.2, 0.25) is 0 Å². The maximum atomic E-state index is 14.2. The van der Waals surface area contributed by atoms with E-state index in [1.165, 1.54) is 43.1 Å². The lowest BCUT2D eigenvalue weighted by molar-refractivity contribution is -0.106. The molecule has 1 aromatic heterocycles. The molecule has 14 heteroatoms. The molecule has 3 heterocycles. The van der Waals surface area contributed by atoms with Gasteiger partial charge in [0.2, 0.25) is 6.41 Å². The number of alkyl halides is 2. The van der Waals surface area contributed by atoms with Crippen LogP contribution in [0.5, 0.6) is 5.75 Å². The first-order valence-electron chi connectivity index (χ1n) is 17.4. The van der Waals surface area contributed by atoms with E-state index in [1.54, 1.807) is 31.4 Å². The number of aliphatic hydroxyl groups excluding tert-OH is 1. The number of amides is 1. The molecule has 286 valence electrons. The molecule has 51 heavy (non-hydrogen) atoms. The first-order chi connectivity index (χ1) is 24.4. The lowest BCUT2D eigenvalue weighted by atomic mass is 9.85. The summed E-state index contributed by atoms with van der Waals surface area (Å²) in [6.07, 6.45) is 16.3. The molecule has 1 aliphatic carbocycles. The summed E-state index contributed by atoms with van der Waals surface area (Å²) < 4.78 is 46.6. The number of allylic oxidation sites excluding steroid dienone is 4. The Balaban J connectivity index is 0.000000303. The van der Waals surface area contributed by atoms with Crippen LogP contribution in [0, 0.1) is 5.92 Å². The summed E-state index contributed by atoms with van der Waals surface area (Å²) in [5, 5.41) is 20.8. The van der Waals surface area contributed by atoms with Crippen LogP contribution in [0.3, 0.4) is 0 Å². The first-order valence-corrected chi connectivity index (χ1v) is 17.4. The van der Waals surface area contributed by atoms with E-state index in [1.807, 2.05) is 17.9 Å². The van der Waals surface area contributed by atoms with Gasteiger partial charge in [0.1, 0.15) is 17.9 Å². The van der Waals surface area contributed by atoms with Gasteiger partial charge in [-0.25, -0.2) is 4.39 Å². The third kappa shape index (κ3) is 16.6. The number of aromatic nitrogens is 2. The van der Waals surface area contributed by atoms with Crippen LogP contribution in [-0.2, 0) is 27.4 Å². The molecule has 5 rings (SSSR count). The summed E-state index contributed by atoms with van der Waals surface area (Å²) in [5.41, 5.74) is 8.11. The monoisotopic (exact) mass is 723 g/mol. The Labute approximate surface area is 299 Å². The molecule has 11 nitrogen and oxygen atoms in total. The number of nitrogens with zero attached hydrogens (tertiary/aromatic N) is 4. The Bertz CT molecular complexity index is 1360. The highest BCUT2D eigenvalue weighted by Crippen LogP contribution is 2.35. The van der Waals surface area contributed by atoms with Crippen molar-refractivity contribution in [1.82, 2.24) is 19.6 Å². The molecule has 3 aliphatic rings. The molecule has 2 saturated heterocycles. The molecule has 3 atom stereocenters. The maximum absolute atomic E-state index is 14.2. The predicted molar refractivity (Wildman–Crippen MR) is 190 cm³/mol. The lowest BCUT2D eigenvalue weighted by Gasteiger charge is -2.28. The van der Waals surface area contributed by atoms with Gasteiger partial charge in [0.25, 0.3) is 0 Å². The Hall–Kier alpha value is -3.56. The normalized spacial score (nSPS) is 19.0. The number of phenolic OH excluding ortho intramolecular Hbond substituents is 1. The van der Waals surface area contributed by atoms with Crippen molar-refractivity contribution in [3.63, 3.8) is 0 Å². The average Bonchev–Trinajstić information content (AvgIpc) is 3.80. The van der Waals surface area contributed by atoms with Crippen LogP contribution < -0.4 is 5.73 Å². The first kappa shape index (κ1) is 43.6. The minimum atomic E-state index is -3.17. The molecule has 0 spiro atoms. The van der Waals surface area contributed by atoms with Crippen molar-refractivity contribution in [2.24, 2.45) is 11.7 Å². The second kappa shape index (κ2) is 23.8. The summed E-state index contributed by atoms with van der Waals surface area (Å²) in [5.74, 6) is 0.532. The number of carbonyl (C=O) groups is 2. The maximum Gasteiger partial charge on any atom is 0.342 e. The Kier molecular flexibility index (Phi) is 20.4. The number of aromatic hydroxyl groups is 1. The van der Waals surface area contributed by atoms with Crippen molar-refractivity contribution in [1.29, 1.82) is 0 Å². The Morgan fingerprint density at radius 2 is 1.80 bits per heavy atom. The zero-order valence-corrected chi connectivity index (χ0v) is 30.3. The van der Waals surface area contributed by atoms with Crippen molar-refractivity contribution in [3.8, 4) is 5.75 Å². The minimum Gasteiger partial charge on any atom is -0.508 e. The predicted octanol–water partition coefficient (Wildman–Crippen LogP) is 5.77. The highest BCUT2D eigenvalue weighted by Gasteiger charge is 2.25. The number of benzene rings is 1. The van der Waals surface area contributed by atoms with Gasteiger partial charge in [-0.05, 0) is 121 Å². The van der Waals surface area contributed by atoms with E-state index in [0.29, 0.717) is 24.1 Å². The summed E-state index contributed by atoms with van der Waals surface area (Å²) in [7, 11) is 3.75. The van der Waals surface area contributed by atoms with Gasteiger partial charge in [0, 0.05) is 56.8 Å². The van der Waals surface area contributed by atoms with E-state index in [2.05, 4.69) is 40.7 Å². The van der Waals surface area contributed by atoms with Gasteiger partial charge in [-0.3, -0.25) is 24.1 Å². The number of primary amides is 1. The summed E-state index contributed by atoms with van der Waals surface area (Å²) in [6, 6.07) is 5.24. The number of hydrogen-bond donors (Lipinski definition) is 3. The number of halogens is 3. The summed E-state index contributed by atoms with van der Waals surface area (Å²) >= 11 is 0. The van der Waals surface area contributed by atoms with Gasteiger partial charge in [-0.1, -0.05) is 5.57 Å². The Morgan fingerprint density at radius 3 is 2.41 bits per heavy atom. The molecule has 0 bridgehead atoms.